The van der Waals surface area contributed by atoms with Gasteiger partial charge in [-0.2, -0.15) is 0 Å². The first-order chi connectivity index (χ1) is 19.2. The second-order valence-corrected chi connectivity index (χ2v) is 11.4. The fraction of sp³-hybridized carbons (Fsp3) is 0.483. The number of pyridine rings is 1. The molecule has 12 heteroatoms. The van der Waals surface area contributed by atoms with Gasteiger partial charge in [0.2, 0.25) is 5.91 Å². The van der Waals surface area contributed by atoms with Crippen LogP contribution in [0, 0.1) is 5.92 Å². The molecule has 0 bridgehead atoms. The summed E-state index contributed by atoms with van der Waals surface area (Å²) in [6.07, 6.45) is -2.43. The van der Waals surface area contributed by atoms with Gasteiger partial charge in [0.05, 0.1) is 24.2 Å². The van der Waals surface area contributed by atoms with Crippen molar-refractivity contribution in [3.8, 4) is 11.3 Å². The molecule has 2 amide bonds. The Morgan fingerprint density at radius 2 is 1.73 bits per heavy atom. The molecule has 3 rings (SSSR count). The molecule has 41 heavy (non-hydrogen) atoms. The number of aromatic nitrogens is 1. The first-order valence-electron chi connectivity index (χ1n) is 13.6. The van der Waals surface area contributed by atoms with Gasteiger partial charge in [-0.1, -0.05) is 50.2 Å². The second kappa shape index (κ2) is 13.7. The van der Waals surface area contributed by atoms with E-state index < -0.39 is 60.7 Å². The molecule has 1 aromatic heterocycles. The van der Waals surface area contributed by atoms with Gasteiger partial charge in [-0.3, -0.25) is 19.2 Å². The minimum Gasteiger partial charge on any atom is -0.506 e. The fourth-order valence-corrected chi connectivity index (χ4v) is 4.25. The van der Waals surface area contributed by atoms with E-state index in [0.717, 1.165) is 5.56 Å². The summed E-state index contributed by atoms with van der Waals surface area (Å²) in [5.41, 5.74) is 0.738. The van der Waals surface area contributed by atoms with Gasteiger partial charge in [-0.15, -0.1) is 0 Å². The van der Waals surface area contributed by atoms with Crippen LogP contribution in [0.2, 0.25) is 0 Å². The lowest BCUT2D eigenvalue weighted by molar-refractivity contribution is -0.158. The lowest BCUT2D eigenvalue weighted by Gasteiger charge is -2.26. The normalized spacial score (nSPS) is 17.4. The molecular formula is C29H38BN3O8. The minimum absolute atomic E-state index is 0.0528. The van der Waals surface area contributed by atoms with E-state index in [4.69, 9.17) is 14.0 Å². The minimum atomic E-state index is -1.34. The highest BCUT2D eigenvalue weighted by Gasteiger charge is 2.47. The number of rotatable bonds is 11. The smallest absolute Gasteiger partial charge is 0.506 e. The first kappa shape index (κ1) is 31.8. The van der Waals surface area contributed by atoms with Crippen molar-refractivity contribution in [3.63, 3.8) is 0 Å². The number of aliphatic hydroxyl groups excluding tert-OH is 1. The third kappa shape index (κ3) is 9.39. The Morgan fingerprint density at radius 1 is 1.05 bits per heavy atom. The zero-order chi connectivity index (χ0) is 30.3. The van der Waals surface area contributed by atoms with Crippen molar-refractivity contribution < 1.29 is 38.3 Å². The van der Waals surface area contributed by atoms with Crippen LogP contribution in [0.5, 0.6) is 0 Å². The summed E-state index contributed by atoms with van der Waals surface area (Å²) in [6.45, 7) is 10.3. The van der Waals surface area contributed by atoms with E-state index in [-0.39, 0.29) is 18.0 Å². The predicted molar refractivity (Wildman–Crippen MR) is 151 cm³/mol. The van der Waals surface area contributed by atoms with Crippen LogP contribution in [-0.4, -0.2) is 70.8 Å². The number of hydrogen-bond donors (Lipinski definition) is 3. The molecule has 220 valence electrons. The number of aliphatic hydroxyl groups is 1. The van der Waals surface area contributed by atoms with Crippen molar-refractivity contribution in [3.05, 3.63) is 54.2 Å². The molecule has 3 N–H and O–H groups in total. The van der Waals surface area contributed by atoms with Crippen molar-refractivity contribution in [2.24, 2.45) is 5.92 Å². The van der Waals surface area contributed by atoms with Crippen LogP contribution in [0.4, 0.5) is 0 Å². The number of carbonyl (C=O) groups is 4. The number of nitrogens with one attached hydrogen (secondary N) is 2. The van der Waals surface area contributed by atoms with Gasteiger partial charge in [-0.25, -0.2) is 4.98 Å². The van der Waals surface area contributed by atoms with Crippen molar-refractivity contribution in [1.29, 1.82) is 0 Å². The Morgan fingerprint density at radius 3 is 2.34 bits per heavy atom. The highest BCUT2D eigenvalue weighted by Crippen LogP contribution is 2.22. The Labute approximate surface area is 240 Å². The average molecular weight is 567 g/mol. The van der Waals surface area contributed by atoms with Crippen LogP contribution < -0.4 is 10.6 Å². The van der Waals surface area contributed by atoms with Crippen molar-refractivity contribution in [1.82, 2.24) is 15.6 Å². The van der Waals surface area contributed by atoms with Crippen LogP contribution in [0.1, 0.15) is 64.9 Å². The number of ether oxygens (including phenoxy) is 1. The largest absolute Gasteiger partial charge is 0.552 e. The number of esters is 1. The van der Waals surface area contributed by atoms with E-state index in [0.29, 0.717) is 12.1 Å². The van der Waals surface area contributed by atoms with Crippen molar-refractivity contribution in [2.45, 2.75) is 84.2 Å². The summed E-state index contributed by atoms with van der Waals surface area (Å²) < 4.78 is 16.4. The molecule has 2 heterocycles. The summed E-state index contributed by atoms with van der Waals surface area (Å²) >= 11 is 0. The van der Waals surface area contributed by atoms with E-state index in [1.165, 1.54) is 13.0 Å². The van der Waals surface area contributed by atoms with Gasteiger partial charge in [0.15, 0.2) is 6.10 Å². The summed E-state index contributed by atoms with van der Waals surface area (Å²) in [4.78, 5) is 55.5. The molecule has 0 spiro atoms. The van der Waals surface area contributed by atoms with Crippen LogP contribution >= 0.6 is 0 Å². The third-order valence-electron chi connectivity index (χ3n) is 6.05. The van der Waals surface area contributed by atoms with Gasteiger partial charge in [0.1, 0.15) is 17.3 Å². The molecule has 1 unspecified atom stereocenters. The number of hydrogen-bond acceptors (Lipinski definition) is 9. The fourth-order valence-electron chi connectivity index (χ4n) is 4.25. The molecule has 4 atom stereocenters. The average Bonchev–Trinajstić information content (AvgIpc) is 3.25. The maximum atomic E-state index is 13.3. The van der Waals surface area contributed by atoms with Crippen molar-refractivity contribution >= 4 is 30.9 Å². The predicted octanol–water partition coefficient (Wildman–Crippen LogP) is 2.46. The summed E-state index contributed by atoms with van der Waals surface area (Å²) in [5, 5.41) is 15.7. The Balaban J connectivity index is 1.70. The molecular weight excluding hydrogens is 529 g/mol. The van der Waals surface area contributed by atoms with Crippen LogP contribution in [0.15, 0.2) is 48.5 Å². The molecule has 1 aromatic carbocycles. The van der Waals surface area contributed by atoms with E-state index in [1.807, 2.05) is 44.2 Å². The molecule has 1 fully saturated rings. The highest BCUT2D eigenvalue weighted by molar-refractivity contribution is 6.51. The Hall–Kier alpha value is -3.77. The molecule has 0 aliphatic carbocycles. The maximum absolute atomic E-state index is 13.3. The first-order valence-corrected chi connectivity index (χ1v) is 13.6. The van der Waals surface area contributed by atoms with Crippen LogP contribution in [-0.2, 0) is 28.4 Å². The van der Waals surface area contributed by atoms with Gasteiger partial charge < -0.3 is 29.8 Å². The van der Waals surface area contributed by atoms with Gasteiger partial charge >= 0.3 is 19.1 Å². The SMILES string of the molecule is CC(C)C[C@H](NC(=O)[C@@H](NC(=O)c1cccc(-c2ccccc2)n1)[C@@H](C)O)B1OC(=O)C(CC(=O)OC(C)(C)C)O1. The second-order valence-electron chi connectivity index (χ2n) is 11.4. The highest BCUT2D eigenvalue weighted by atomic mass is 16.7. The quantitative estimate of drug-likeness (QED) is 0.275. The molecule has 1 saturated heterocycles. The maximum Gasteiger partial charge on any atom is 0.552 e. The summed E-state index contributed by atoms with van der Waals surface area (Å²) in [6, 6.07) is 12.9. The van der Waals surface area contributed by atoms with E-state index in [9.17, 15) is 24.3 Å². The van der Waals surface area contributed by atoms with Crippen LogP contribution in [0.25, 0.3) is 11.3 Å². The molecule has 2 aromatic rings. The molecule has 1 aliphatic heterocycles. The zero-order valence-corrected chi connectivity index (χ0v) is 24.2. The van der Waals surface area contributed by atoms with Gasteiger partial charge in [-0.05, 0) is 52.2 Å². The van der Waals surface area contributed by atoms with E-state index in [1.54, 1.807) is 32.9 Å². The van der Waals surface area contributed by atoms with Gasteiger partial charge in [0, 0.05) is 5.56 Å². The van der Waals surface area contributed by atoms with Crippen molar-refractivity contribution in [2.75, 3.05) is 0 Å². The molecule has 1 aliphatic rings. The van der Waals surface area contributed by atoms with E-state index in [2.05, 4.69) is 15.6 Å². The monoisotopic (exact) mass is 567 g/mol. The lowest BCUT2D eigenvalue weighted by Crippen LogP contribution is -2.57. The number of carbonyl (C=O) groups excluding carboxylic acids is 4. The zero-order valence-electron chi connectivity index (χ0n) is 24.2. The van der Waals surface area contributed by atoms with Gasteiger partial charge in [0.25, 0.3) is 5.91 Å². The number of amides is 2. The third-order valence-corrected chi connectivity index (χ3v) is 6.05. The number of nitrogens with zero attached hydrogens (tertiary/aromatic N) is 1. The Bertz CT molecular complexity index is 1230. The summed E-state index contributed by atoms with van der Waals surface area (Å²) in [7, 11) is -1.17. The van der Waals surface area contributed by atoms with E-state index >= 15 is 0 Å². The molecule has 0 saturated carbocycles. The Kier molecular flexibility index (Phi) is 10.6. The number of benzene rings is 1. The standard InChI is InChI=1S/C29H38BN3O8/c1-17(2)15-23(30-40-22(28(38)41-30)16-24(35)39-29(4,5)6)32-27(37)25(18(3)34)33-26(36)21-14-10-13-20(31-21)19-11-8-7-9-12-19/h7-14,17-18,22-23,25,34H,15-16H2,1-6H3,(H,32,37)(H,33,36)/t18-,22?,23+,25+/m1/s1. The molecule has 11 nitrogen and oxygen atoms in total. The van der Waals surface area contributed by atoms with Crippen LogP contribution in [0.3, 0.4) is 0 Å². The summed E-state index contributed by atoms with van der Waals surface area (Å²) in [5.74, 6) is -3.47. The topological polar surface area (TPSA) is 153 Å². The molecule has 0 radical (unpaired) electrons. The lowest BCUT2D eigenvalue weighted by atomic mass is 9.74.